The highest BCUT2D eigenvalue weighted by molar-refractivity contribution is 6.01. The molecule has 0 aliphatic carbocycles. The predicted molar refractivity (Wildman–Crippen MR) is 69.2 cm³/mol. The first-order chi connectivity index (χ1) is 8.60. The summed E-state index contributed by atoms with van der Waals surface area (Å²) in [5.41, 5.74) is 6.20. The molecule has 0 radical (unpaired) electrons. The monoisotopic (exact) mass is 250 g/mol. The van der Waals surface area contributed by atoms with Crippen LogP contribution in [0.3, 0.4) is 0 Å². The predicted octanol–water partition coefficient (Wildman–Crippen LogP) is 1.40. The summed E-state index contributed by atoms with van der Waals surface area (Å²) in [4.78, 5) is 23.4. The first-order valence-corrected chi connectivity index (χ1v) is 5.78. The van der Waals surface area contributed by atoms with Crippen molar-refractivity contribution in [3.05, 3.63) is 29.8 Å². The number of hydrogen-bond acceptors (Lipinski definition) is 4. The van der Waals surface area contributed by atoms with E-state index in [1.165, 1.54) is 7.11 Å². The Hall–Kier alpha value is -1.88. The molecule has 0 saturated heterocycles. The molecule has 0 bridgehead atoms. The number of amides is 1. The molecule has 98 valence electrons. The first-order valence-electron chi connectivity index (χ1n) is 5.78. The third-order valence-corrected chi connectivity index (χ3v) is 2.64. The van der Waals surface area contributed by atoms with Gasteiger partial charge in [0.05, 0.1) is 18.4 Å². The number of carbonyl (C=O) groups is 2. The molecule has 0 heterocycles. The molecule has 18 heavy (non-hydrogen) atoms. The van der Waals surface area contributed by atoms with Gasteiger partial charge in [-0.05, 0) is 25.1 Å². The molecule has 5 nitrogen and oxygen atoms in total. The Labute approximate surface area is 106 Å². The van der Waals surface area contributed by atoms with Gasteiger partial charge in [-0.25, -0.2) is 4.79 Å². The van der Waals surface area contributed by atoms with Gasteiger partial charge in [0, 0.05) is 5.92 Å². The normalized spacial score (nSPS) is 11.7. The van der Waals surface area contributed by atoms with Crippen LogP contribution in [0.15, 0.2) is 24.3 Å². The number of para-hydroxylation sites is 1. The fourth-order valence-electron chi connectivity index (χ4n) is 1.52. The molecule has 1 atom stereocenters. The molecule has 1 aromatic carbocycles. The molecule has 1 unspecified atom stereocenters. The van der Waals surface area contributed by atoms with E-state index in [2.05, 4.69) is 10.1 Å². The van der Waals surface area contributed by atoms with Crippen LogP contribution in [0.5, 0.6) is 0 Å². The summed E-state index contributed by atoms with van der Waals surface area (Å²) >= 11 is 0. The van der Waals surface area contributed by atoms with E-state index in [0.29, 0.717) is 24.2 Å². The zero-order valence-corrected chi connectivity index (χ0v) is 10.6. The van der Waals surface area contributed by atoms with Crippen molar-refractivity contribution in [2.75, 3.05) is 19.0 Å². The van der Waals surface area contributed by atoms with Gasteiger partial charge in [0.2, 0.25) is 5.91 Å². The highest BCUT2D eigenvalue weighted by Gasteiger charge is 2.16. The topological polar surface area (TPSA) is 81.4 Å². The quantitative estimate of drug-likeness (QED) is 0.774. The van der Waals surface area contributed by atoms with Crippen molar-refractivity contribution in [2.45, 2.75) is 13.3 Å². The highest BCUT2D eigenvalue weighted by atomic mass is 16.5. The van der Waals surface area contributed by atoms with Gasteiger partial charge in [-0.15, -0.1) is 0 Å². The van der Waals surface area contributed by atoms with Gasteiger partial charge in [0.15, 0.2) is 0 Å². The van der Waals surface area contributed by atoms with Crippen LogP contribution in [0.4, 0.5) is 5.69 Å². The van der Waals surface area contributed by atoms with Crippen LogP contribution < -0.4 is 11.1 Å². The molecule has 1 rings (SSSR count). The van der Waals surface area contributed by atoms with Gasteiger partial charge in [0.1, 0.15) is 0 Å². The summed E-state index contributed by atoms with van der Waals surface area (Å²) < 4.78 is 4.66. The number of nitrogens with two attached hydrogens (primary N) is 1. The third-order valence-electron chi connectivity index (χ3n) is 2.64. The molecular weight excluding hydrogens is 232 g/mol. The molecule has 0 aromatic heterocycles. The van der Waals surface area contributed by atoms with Crippen LogP contribution in [0.2, 0.25) is 0 Å². The number of esters is 1. The zero-order valence-electron chi connectivity index (χ0n) is 10.6. The summed E-state index contributed by atoms with van der Waals surface area (Å²) in [7, 11) is 1.30. The van der Waals surface area contributed by atoms with Gasteiger partial charge < -0.3 is 15.8 Å². The van der Waals surface area contributed by atoms with Crippen molar-refractivity contribution >= 4 is 17.6 Å². The molecule has 0 aliphatic rings. The van der Waals surface area contributed by atoms with Crippen molar-refractivity contribution in [3.63, 3.8) is 0 Å². The Morgan fingerprint density at radius 3 is 2.67 bits per heavy atom. The highest BCUT2D eigenvalue weighted by Crippen LogP contribution is 2.17. The molecule has 0 aliphatic heterocycles. The molecule has 0 fully saturated rings. The average Bonchev–Trinajstić information content (AvgIpc) is 2.38. The van der Waals surface area contributed by atoms with E-state index in [-0.39, 0.29) is 11.8 Å². The van der Waals surface area contributed by atoms with Crippen molar-refractivity contribution in [1.29, 1.82) is 0 Å². The standard InChI is InChI=1S/C13H18N2O3/c1-9(7-8-14)12(16)15-11-6-4-3-5-10(11)13(17)18-2/h3-6,9H,7-8,14H2,1-2H3,(H,15,16). The molecule has 0 saturated carbocycles. The minimum absolute atomic E-state index is 0.156. The number of carbonyl (C=O) groups excluding carboxylic acids is 2. The van der Waals surface area contributed by atoms with Crippen molar-refractivity contribution in [2.24, 2.45) is 11.7 Å². The fourth-order valence-corrected chi connectivity index (χ4v) is 1.52. The number of ether oxygens (including phenoxy) is 1. The van der Waals surface area contributed by atoms with E-state index < -0.39 is 5.97 Å². The minimum atomic E-state index is -0.475. The molecule has 1 aromatic rings. The Bertz CT molecular complexity index is 432. The zero-order chi connectivity index (χ0) is 13.5. The Morgan fingerprint density at radius 2 is 2.06 bits per heavy atom. The Morgan fingerprint density at radius 1 is 1.39 bits per heavy atom. The summed E-state index contributed by atoms with van der Waals surface area (Å²) in [6.45, 7) is 2.25. The van der Waals surface area contributed by atoms with E-state index in [4.69, 9.17) is 5.73 Å². The van der Waals surface area contributed by atoms with Gasteiger partial charge >= 0.3 is 5.97 Å². The second kappa shape index (κ2) is 6.76. The largest absolute Gasteiger partial charge is 0.465 e. The van der Waals surface area contributed by atoms with Crippen LogP contribution in [-0.4, -0.2) is 25.5 Å². The van der Waals surface area contributed by atoms with Gasteiger partial charge in [0.25, 0.3) is 0 Å². The maximum Gasteiger partial charge on any atom is 0.339 e. The number of rotatable bonds is 5. The second-order valence-corrected chi connectivity index (χ2v) is 4.00. The van der Waals surface area contributed by atoms with E-state index in [9.17, 15) is 9.59 Å². The average molecular weight is 250 g/mol. The lowest BCUT2D eigenvalue weighted by Crippen LogP contribution is -2.23. The molecule has 0 spiro atoms. The molecule has 3 N–H and O–H groups in total. The van der Waals surface area contributed by atoms with Gasteiger partial charge in [-0.3, -0.25) is 4.79 Å². The van der Waals surface area contributed by atoms with Crippen LogP contribution in [0.25, 0.3) is 0 Å². The van der Waals surface area contributed by atoms with E-state index >= 15 is 0 Å². The number of anilines is 1. The van der Waals surface area contributed by atoms with E-state index in [0.717, 1.165) is 0 Å². The van der Waals surface area contributed by atoms with Crippen LogP contribution in [0, 0.1) is 5.92 Å². The first kappa shape index (κ1) is 14.2. The number of benzene rings is 1. The maximum atomic E-state index is 11.8. The molecule has 1 amide bonds. The second-order valence-electron chi connectivity index (χ2n) is 4.00. The number of hydrogen-bond donors (Lipinski definition) is 2. The SMILES string of the molecule is COC(=O)c1ccccc1NC(=O)C(C)CCN. The Balaban J connectivity index is 2.84. The van der Waals surface area contributed by atoms with Gasteiger partial charge in [-0.1, -0.05) is 19.1 Å². The lowest BCUT2D eigenvalue weighted by atomic mass is 10.1. The third kappa shape index (κ3) is 3.56. The van der Waals surface area contributed by atoms with Crippen molar-refractivity contribution in [1.82, 2.24) is 0 Å². The summed E-state index contributed by atoms with van der Waals surface area (Å²) in [6.07, 6.45) is 0.603. The summed E-state index contributed by atoms with van der Waals surface area (Å²) in [6, 6.07) is 6.73. The van der Waals surface area contributed by atoms with Crippen LogP contribution >= 0.6 is 0 Å². The van der Waals surface area contributed by atoms with Crippen molar-refractivity contribution in [3.8, 4) is 0 Å². The van der Waals surface area contributed by atoms with E-state index in [1.54, 1.807) is 31.2 Å². The number of nitrogens with one attached hydrogen (secondary N) is 1. The Kier molecular flexibility index (Phi) is 5.32. The maximum absolute atomic E-state index is 11.8. The smallest absolute Gasteiger partial charge is 0.339 e. The summed E-state index contributed by atoms with van der Waals surface area (Å²) in [5, 5.41) is 2.72. The van der Waals surface area contributed by atoms with Gasteiger partial charge in [-0.2, -0.15) is 0 Å². The minimum Gasteiger partial charge on any atom is -0.465 e. The van der Waals surface area contributed by atoms with Crippen molar-refractivity contribution < 1.29 is 14.3 Å². The fraction of sp³-hybridized carbons (Fsp3) is 0.385. The van der Waals surface area contributed by atoms with Crippen LogP contribution in [0.1, 0.15) is 23.7 Å². The summed E-state index contributed by atoms with van der Waals surface area (Å²) in [5.74, 6) is -0.824. The lowest BCUT2D eigenvalue weighted by Gasteiger charge is -2.13. The number of methoxy groups -OCH3 is 1. The van der Waals surface area contributed by atoms with E-state index in [1.807, 2.05) is 0 Å². The molecule has 5 heteroatoms. The lowest BCUT2D eigenvalue weighted by molar-refractivity contribution is -0.119. The molecular formula is C13H18N2O3. The van der Waals surface area contributed by atoms with Crippen LogP contribution in [-0.2, 0) is 9.53 Å².